The zero-order chi connectivity index (χ0) is 16.2. The molecule has 0 aliphatic carbocycles. The van der Waals surface area contributed by atoms with Gasteiger partial charge >= 0.3 is 0 Å². The fourth-order valence-electron chi connectivity index (χ4n) is 2.35. The van der Waals surface area contributed by atoms with Crippen LogP contribution in [0.3, 0.4) is 0 Å². The summed E-state index contributed by atoms with van der Waals surface area (Å²) in [5, 5.41) is 5.11. The molecule has 1 heterocycles. The van der Waals surface area contributed by atoms with E-state index >= 15 is 0 Å². The van der Waals surface area contributed by atoms with Gasteiger partial charge in [-0.25, -0.2) is 0 Å². The van der Waals surface area contributed by atoms with Crippen molar-refractivity contribution < 1.29 is 4.79 Å². The molecular weight excluding hydrogens is 292 g/mol. The number of hydrogen-bond acceptors (Lipinski definition) is 3. The first-order valence-electron chi connectivity index (χ1n) is 7.54. The minimum absolute atomic E-state index is 0.000911. The smallest absolute Gasteiger partial charge is 0.224 e. The third-order valence-electron chi connectivity index (χ3n) is 4.03. The summed E-state index contributed by atoms with van der Waals surface area (Å²) in [6.07, 6.45) is 0. The molecule has 2 unspecified atom stereocenters. The Hall–Kier alpha value is -1.65. The SMILES string of the molecule is CC(C(=O)NCC(C)(C)c1cccs1)C(N)c1ccccc1. The summed E-state index contributed by atoms with van der Waals surface area (Å²) < 4.78 is 0. The van der Waals surface area contributed by atoms with E-state index in [1.54, 1.807) is 11.3 Å². The van der Waals surface area contributed by atoms with Crippen LogP contribution in [0.25, 0.3) is 0 Å². The molecule has 1 amide bonds. The van der Waals surface area contributed by atoms with Crippen molar-refractivity contribution in [2.45, 2.75) is 32.2 Å². The number of nitrogens with one attached hydrogen (secondary N) is 1. The maximum Gasteiger partial charge on any atom is 0.224 e. The van der Waals surface area contributed by atoms with Crippen LogP contribution in [0, 0.1) is 5.92 Å². The number of rotatable bonds is 6. The number of nitrogens with two attached hydrogens (primary N) is 1. The molecule has 0 saturated heterocycles. The van der Waals surface area contributed by atoms with Crippen LogP contribution in [-0.4, -0.2) is 12.5 Å². The van der Waals surface area contributed by atoms with E-state index in [1.807, 2.05) is 43.3 Å². The van der Waals surface area contributed by atoms with Crippen LogP contribution in [-0.2, 0) is 10.2 Å². The van der Waals surface area contributed by atoms with Crippen molar-refractivity contribution in [2.75, 3.05) is 6.54 Å². The summed E-state index contributed by atoms with van der Waals surface area (Å²) in [5.74, 6) is -0.262. The molecule has 0 aliphatic rings. The summed E-state index contributed by atoms with van der Waals surface area (Å²) in [7, 11) is 0. The topological polar surface area (TPSA) is 55.1 Å². The Morgan fingerprint density at radius 1 is 1.23 bits per heavy atom. The molecule has 3 nitrogen and oxygen atoms in total. The number of amides is 1. The van der Waals surface area contributed by atoms with E-state index in [0.29, 0.717) is 6.54 Å². The Morgan fingerprint density at radius 2 is 1.91 bits per heavy atom. The van der Waals surface area contributed by atoms with Crippen LogP contribution in [0.5, 0.6) is 0 Å². The molecule has 2 atom stereocenters. The Morgan fingerprint density at radius 3 is 2.50 bits per heavy atom. The van der Waals surface area contributed by atoms with Gasteiger partial charge in [0, 0.05) is 22.9 Å². The number of hydrogen-bond donors (Lipinski definition) is 2. The molecule has 118 valence electrons. The minimum Gasteiger partial charge on any atom is -0.355 e. The second kappa shape index (κ2) is 7.07. The molecule has 22 heavy (non-hydrogen) atoms. The Kier molecular flexibility index (Phi) is 5.37. The normalized spacial score (nSPS) is 14.4. The molecule has 1 aromatic carbocycles. The number of carbonyl (C=O) groups is 1. The summed E-state index contributed by atoms with van der Waals surface area (Å²) in [5.41, 5.74) is 7.13. The van der Waals surface area contributed by atoms with Gasteiger partial charge in [0.05, 0.1) is 5.92 Å². The van der Waals surface area contributed by atoms with Gasteiger partial charge in [-0.05, 0) is 17.0 Å². The maximum atomic E-state index is 12.4. The van der Waals surface area contributed by atoms with E-state index in [9.17, 15) is 4.79 Å². The molecule has 2 aromatic rings. The van der Waals surface area contributed by atoms with E-state index in [-0.39, 0.29) is 23.3 Å². The lowest BCUT2D eigenvalue weighted by Gasteiger charge is -2.26. The highest BCUT2D eigenvalue weighted by atomic mass is 32.1. The Balaban J connectivity index is 1.94. The average Bonchev–Trinajstić information content (AvgIpc) is 3.07. The highest BCUT2D eigenvalue weighted by Gasteiger charge is 2.26. The largest absolute Gasteiger partial charge is 0.355 e. The van der Waals surface area contributed by atoms with Crippen LogP contribution < -0.4 is 11.1 Å². The van der Waals surface area contributed by atoms with Gasteiger partial charge in [0.2, 0.25) is 5.91 Å². The summed E-state index contributed by atoms with van der Waals surface area (Å²) >= 11 is 1.72. The Labute approximate surface area is 136 Å². The van der Waals surface area contributed by atoms with Crippen molar-refractivity contribution in [3.8, 4) is 0 Å². The van der Waals surface area contributed by atoms with Gasteiger partial charge in [0.25, 0.3) is 0 Å². The summed E-state index contributed by atoms with van der Waals surface area (Å²) in [4.78, 5) is 13.7. The van der Waals surface area contributed by atoms with Crippen LogP contribution in [0.15, 0.2) is 47.8 Å². The second-order valence-corrected chi connectivity index (χ2v) is 7.25. The zero-order valence-corrected chi connectivity index (χ0v) is 14.2. The standard InChI is InChI=1S/C18H24N2OS/c1-13(16(19)14-8-5-4-6-9-14)17(21)20-12-18(2,3)15-10-7-11-22-15/h4-11,13,16H,12,19H2,1-3H3,(H,20,21). The van der Waals surface area contributed by atoms with Gasteiger partial charge < -0.3 is 11.1 Å². The molecule has 0 saturated carbocycles. The first kappa shape index (κ1) is 16.7. The van der Waals surface area contributed by atoms with Gasteiger partial charge in [-0.15, -0.1) is 11.3 Å². The minimum atomic E-state index is -0.286. The quantitative estimate of drug-likeness (QED) is 0.857. The molecule has 2 rings (SSSR count). The first-order valence-corrected chi connectivity index (χ1v) is 8.42. The lowest BCUT2D eigenvalue weighted by atomic mass is 9.90. The molecule has 4 heteroatoms. The molecule has 0 aliphatic heterocycles. The average molecular weight is 316 g/mol. The molecular formula is C18H24N2OS. The van der Waals surface area contributed by atoms with Crippen molar-refractivity contribution in [3.63, 3.8) is 0 Å². The van der Waals surface area contributed by atoms with Crippen LogP contribution in [0.1, 0.15) is 37.3 Å². The first-order chi connectivity index (χ1) is 10.4. The molecule has 3 N–H and O–H groups in total. The lowest BCUT2D eigenvalue weighted by molar-refractivity contribution is -0.125. The molecule has 0 radical (unpaired) electrons. The third-order valence-corrected chi connectivity index (χ3v) is 5.27. The predicted molar refractivity (Wildman–Crippen MR) is 92.9 cm³/mol. The highest BCUT2D eigenvalue weighted by molar-refractivity contribution is 7.10. The highest BCUT2D eigenvalue weighted by Crippen LogP contribution is 2.27. The van der Waals surface area contributed by atoms with Gasteiger partial charge in [-0.3, -0.25) is 4.79 Å². The molecule has 0 fully saturated rings. The van der Waals surface area contributed by atoms with Crippen molar-refractivity contribution in [2.24, 2.45) is 11.7 Å². The van der Waals surface area contributed by atoms with Crippen molar-refractivity contribution >= 4 is 17.2 Å². The molecule has 0 bridgehead atoms. The van der Waals surface area contributed by atoms with Gasteiger partial charge in [0.15, 0.2) is 0 Å². The Bertz CT molecular complexity index is 593. The summed E-state index contributed by atoms with van der Waals surface area (Å²) in [6.45, 7) is 6.77. The monoisotopic (exact) mass is 316 g/mol. The molecule has 0 spiro atoms. The van der Waals surface area contributed by atoms with E-state index in [2.05, 4.69) is 30.6 Å². The van der Waals surface area contributed by atoms with Crippen molar-refractivity contribution in [1.82, 2.24) is 5.32 Å². The number of carbonyl (C=O) groups excluding carboxylic acids is 1. The number of benzene rings is 1. The third kappa shape index (κ3) is 3.96. The van der Waals surface area contributed by atoms with E-state index in [0.717, 1.165) is 5.56 Å². The van der Waals surface area contributed by atoms with Gasteiger partial charge in [0.1, 0.15) is 0 Å². The summed E-state index contributed by atoms with van der Waals surface area (Å²) in [6, 6.07) is 13.6. The van der Waals surface area contributed by atoms with Gasteiger partial charge in [-0.2, -0.15) is 0 Å². The van der Waals surface area contributed by atoms with E-state index < -0.39 is 0 Å². The van der Waals surface area contributed by atoms with Crippen LogP contribution >= 0.6 is 11.3 Å². The van der Waals surface area contributed by atoms with Crippen molar-refractivity contribution in [3.05, 3.63) is 58.3 Å². The second-order valence-electron chi connectivity index (χ2n) is 6.30. The fourth-order valence-corrected chi connectivity index (χ4v) is 3.20. The van der Waals surface area contributed by atoms with E-state index in [4.69, 9.17) is 5.73 Å². The maximum absolute atomic E-state index is 12.4. The van der Waals surface area contributed by atoms with Gasteiger partial charge in [-0.1, -0.05) is 57.2 Å². The van der Waals surface area contributed by atoms with Crippen molar-refractivity contribution in [1.29, 1.82) is 0 Å². The van der Waals surface area contributed by atoms with Crippen LogP contribution in [0.4, 0.5) is 0 Å². The van der Waals surface area contributed by atoms with Crippen LogP contribution in [0.2, 0.25) is 0 Å². The predicted octanol–water partition coefficient (Wildman–Crippen LogP) is 3.48. The molecule has 1 aromatic heterocycles. The lowest BCUT2D eigenvalue weighted by Crippen LogP contribution is -2.41. The number of thiophene rings is 1. The van der Waals surface area contributed by atoms with E-state index in [1.165, 1.54) is 4.88 Å². The zero-order valence-electron chi connectivity index (χ0n) is 13.4. The fraction of sp³-hybridized carbons (Fsp3) is 0.389.